The van der Waals surface area contributed by atoms with Crippen molar-refractivity contribution in [3.63, 3.8) is 0 Å². The summed E-state index contributed by atoms with van der Waals surface area (Å²) >= 11 is 0. The largest absolute Gasteiger partial charge is 0.453 e. The number of ether oxygens (including phenoxy) is 1. The van der Waals surface area contributed by atoms with E-state index < -0.39 is 0 Å². The number of nitrogens with zero attached hydrogens (tertiary/aromatic N) is 1. The average molecular weight is 173 g/mol. The minimum absolute atomic E-state index is 0.225. The Hall–Kier alpha value is -1.82. The molecule has 0 aliphatic carbocycles. The number of hydrogen-bond donors (Lipinski definition) is 0. The van der Waals surface area contributed by atoms with Gasteiger partial charge in [-0.2, -0.15) is 5.26 Å². The lowest BCUT2D eigenvalue weighted by Gasteiger charge is -2.03. The van der Waals surface area contributed by atoms with E-state index in [1.54, 1.807) is 12.1 Å². The first-order chi connectivity index (χ1) is 6.33. The molecule has 0 aromatic heterocycles. The molecule has 0 fully saturated rings. The maximum absolute atomic E-state index is 11.2. The van der Waals surface area contributed by atoms with Gasteiger partial charge in [0, 0.05) is 5.56 Å². The number of hydrogen-bond acceptors (Lipinski definition) is 3. The first kappa shape index (κ1) is 7.81. The zero-order valence-electron chi connectivity index (χ0n) is 6.86. The van der Waals surface area contributed by atoms with Crippen molar-refractivity contribution in [1.29, 1.82) is 5.26 Å². The van der Waals surface area contributed by atoms with Gasteiger partial charge >= 0.3 is 5.97 Å². The van der Waals surface area contributed by atoms with E-state index >= 15 is 0 Å². The van der Waals surface area contributed by atoms with E-state index in [0.29, 0.717) is 5.56 Å². The molecule has 13 heavy (non-hydrogen) atoms. The second kappa shape index (κ2) is 2.91. The SMILES string of the molecule is N#CCC1OC(=O)c2ccccc21. The summed E-state index contributed by atoms with van der Waals surface area (Å²) in [6.45, 7) is 0. The lowest BCUT2D eigenvalue weighted by molar-refractivity contribution is 0.0395. The highest BCUT2D eigenvalue weighted by molar-refractivity contribution is 5.93. The molecule has 0 amide bonds. The van der Waals surface area contributed by atoms with Crippen molar-refractivity contribution in [2.45, 2.75) is 12.5 Å². The summed E-state index contributed by atoms with van der Waals surface area (Å²) in [5.74, 6) is -0.323. The van der Waals surface area contributed by atoms with Gasteiger partial charge in [0.25, 0.3) is 0 Å². The number of nitriles is 1. The summed E-state index contributed by atoms with van der Waals surface area (Å²) in [5, 5.41) is 8.50. The van der Waals surface area contributed by atoms with Crippen LogP contribution < -0.4 is 0 Å². The van der Waals surface area contributed by atoms with Crippen LogP contribution in [0.25, 0.3) is 0 Å². The van der Waals surface area contributed by atoms with Crippen LogP contribution in [0.4, 0.5) is 0 Å². The van der Waals surface area contributed by atoms with Gasteiger partial charge < -0.3 is 4.74 Å². The van der Waals surface area contributed by atoms with Crippen LogP contribution in [0.5, 0.6) is 0 Å². The van der Waals surface area contributed by atoms with Crippen LogP contribution in [0.3, 0.4) is 0 Å². The summed E-state index contributed by atoms with van der Waals surface area (Å²) in [7, 11) is 0. The molecule has 1 heterocycles. The number of rotatable bonds is 1. The summed E-state index contributed by atoms with van der Waals surface area (Å²) in [6, 6.07) is 9.16. The maximum atomic E-state index is 11.2. The zero-order chi connectivity index (χ0) is 9.26. The Bertz CT molecular complexity index is 392. The van der Waals surface area contributed by atoms with E-state index in [1.165, 1.54) is 0 Å². The number of esters is 1. The first-order valence-corrected chi connectivity index (χ1v) is 4.00. The van der Waals surface area contributed by atoms with Gasteiger partial charge in [0.1, 0.15) is 6.10 Å². The van der Waals surface area contributed by atoms with E-state index in [1.807, 2.05) is 18.2 Å². The Morgan fingerprint density at radius 3 is 3.00 bits per heavy atom. The van der Waals surface area contributed by atoms with Gasteiger partial charge in [-0.05, 0) is 6.07 Å². The van der Waals surface area contributed by atoms with E-state index in [2.05, 4.69) is 0 Å². The van der Waals surface area contributed by atoms with Crippen molar-refractivity contribution in [3.05, 3.63) is 35.4 Å². The minimum atomic E-state index is -0.367. The molecule has 1 unspecified atom stereocenters. The highest BCUT2D eigenvalue weighted by Crippen LogP contribution is 2.32. The molecule has 1 aromatic carbocycles. The fourth-order valence-electron chi connectivity index (χ4n) is 1.45. The molecule has 3 heteroatoms. The zero-order valence-corrected chi connectivity index (χ0v) is 6.86. The highest BCUT2D eigenvalue weighted by atomic mass is 16.5. The van der Waals surface area contributed by atoms with Crippen molar-refractivity contribution in [2.24, 2.45) is 0 Å². The summed E-state index contributed by atoms with van der Waals surface area (Å²) < 4.78 is 5.01. The van der Waals surface area contributed by atoms with E-state index in [-0.39, 0.29) is 18.5 Å². The topological polar surface area (TPSA) is 50.1 Å². The van der Waals surface area contributed by atoms with Gasteiger partial charge in [-0.3, -0.25) is 0 Å². The van der Waals surface area contributed by atoms with Crippen molar-refractivity contribution >= 4 is 5.97 Å². The van der Waals surface area contributed by atoms with Crippen LogP contribution >= 0.6 is 0 Å². The third-order valence-corrected chi connectivity index (χ3v) is 2.05. The van der Waals surface area contributed by atoms with Crippen molar-refractivity contribution in [1.82, 2.24) is 0 Å². The van der Waals surface area contributed by atoms with Crippen LogP contribution in [0.15, 0.2) is 24.3 Å². The normalized spacial score (nSPS) is 19.0. The number of carbonyl (C=O) groups is 1. The predicted octanol–water partition coefficient (Wildman–Crippen LogP) is 1.81. The average Bonchev–Trinajstić information content (AvgIpc) is 2.46. The molecule has 0 saturated heterocycles. The molecule has 0 N–H and O–H groups in total. The smallest absolute Gasteiger partial charge is 0.339 e. The molecule has 1 atom stereocenters. The van der Waals surface area contributed by atoms with E-state index in [9.17, 15) is 4.79 Å². The van der Waals surface area contributed by atoms with Crippen LogP contribution in [0.2, 0.25) is 0 Å². The molecule has 0 bridgehead atoms. The van der Waals surface area contributed by atoms with Gasteiger partial charge in [-0.15, -0.1) is 0 Å². The lowest BCUT2D eigenvalue weighted by Crippen LogP contribution is -1.96. The third-order valence-electron chi connectivity index (χ3n) is 2.05. The standard InChI is InChI=1S/C10H7NO2/c11-6-5-9-7-3-1-2-4-8(7)10(12)13-9/h1-4,9H,5H2. The number of fused-ring (bicyclic) bond motifs is 1. The molecule has 1 aliphatic rings. The van der Waals surface area contributed by atoms with Crippen LogP contribution in [-0.4, -0.2) is 5.97 Å². The molecular weight excluding hydrogens is 166 g/mol. The second-order valence-corrected chi connectivity index (χ2v) is 2.84. The predicted molar refractivity (Wildman–Crippen MR) is 44.8 cm³/mol. The molecular formula is C10H7NO2. The maximum Gasteiger partial charge on any atom is 0.339 e. The molecule has 3 nitrogen and oxygen atoms in total. The fourth-order valence-corrected chi connectivity index (χ4v) is 1.45. The van der Waals surface area contributed by atoms with Gasteiger partial charge in [0.15, 0.2) is 0 Å². The molecule has 2 rings (SSSR count). The van der Waals surface area contributed by atoms with Gasteiger partial charge in [0.2, 0.25) is 0 Å². The second-order valence-electron chi connectivity index (χ2n) is 2.84. The Labute approximate surface area is 75.6 Å². The van der Waals surface area contributed by atoms with E-state index in [4.69, 9.17) is 10.00 Å². The molecule has 0 saturated carbocycles. The van der Waals surface area contributed by atoms with Crippen LogP contribution in [0, 0.1) is 11.3 Å². The lowest BCUT2D eigenvalue weighted by atomic mass is 10.0. The molecule has 1 aliphatic heterocycles. The van der Waals surface area contributed by atoms with E-state index in [0.717, 1.165) is 5.56 Å². The monoisotopic (exact) mass is 173 g/mol. The van der Waals surface area contributed by atoms with Gasteiger partial charge in [-0.1, -0.05) is 18.2 Å². The quantitative estimate of drug-likeness (QED) is 0.608. The van der Waals surface area contributed by atoms with Crippen molar-refractivity contribution < 1.29 is 9.53 Å². The molecule has 64 valence electrons. The summed E-state index contributed by atoms with van der Waals surface area (Å²) in [6.07, 6.45) is -0.142. The fraction of sp³-hybridized carbons (Fsp3) is 0.200. The van der Waals surface area contributed by atoms with Crippen LogP contribution in [0.1, 0.15) is 28.4 Å². The number of cyclic esters (lactones) is 1. The minimum Gasteiger partial charge on any atom is -0.453 e. The van der Waals surface area contributed by atoms with Gasteiger partial charge in [-0.25, -0.2) is 4.79 Å². The first-order valence-electron chi connectivity index (χ1n) is 4.00. The van der Waals surface area contributed by atoms with Crippen molar-refractivity contribution in [2.75, 3.05) is 0 Å². The third kappa shape index (κ3) is 1.17. The number of carbonyl (C=O) groups excluding carboxylic acids is 1. The van der Waals surface area contributed by atoms with Crippen molar-refractivity contribution in [3.8, 4) is 6.07 Å². The molecule has 0 spiro atoms. The summed E-state index contributed by atoms with van der Waals surface area (Å²) in [5.41, 5.74) is 1.41. The Morgan fingerprint density at radius 1 is 1.46 bits per heavy atom. The Morgan fingerprint density at radius 2 is 2.23 bits per heavy atom. The number of benzene rings is 1. The van der Waals surface area contributed by atoms with Crippen LogP contribution in [-0.2, 0) is 4.74 Å². The molecule has 0 radical (unpaired) electrons. The molecule has 1 aromatic rings. The van der Waals surface area contributed by atoms with Gasteiger partial charge in [0.05, 0.1) is 18.1 Å². The summed E-state index contributed by atoms with van der Waals surface area (Å²) in [4.78, 5) is 11.2. The Balaban J connectivity index is 2.42. The Kier molecular flexibility index (Phi) is 1.75. The highest BCUT2D eigenvalue weighted by Gasteiger charge is 2.29.